The van der Waals surface area contributed by atoms with E-state index in [1.54, 1.807) is 12.1 Å². The average Bonchev–Trinajstić information content (AvgIpc) is 2.91. The van der Waals surface area contributed by atoms with Crippen LogP contribution >= 0.6 is 15.9 Å². The van der Waals surface area contributed by atoms with E-state index < -0.39 is 10.8 Å². The molecule has 1 N–H and O–H groups in total. The summed E-state index contributed by atoms with van der Waals surface area (Å²) in [6.45, 7) is 0. The molecule has 1 atom stereocenters. The lowest BCUT2D eigenvalue weighted by Crippen LogP contribution is -2.34. The number of benzene rings is 1. The third kappa shape index (κ3) is 5.28. The van der Waals surface area contributed by atoms with Gasteiger partial charge in [0.1, 0.15) is 5.76 Å². The van der Waals surface area contributed by atoms with Crippen LogP contribution in [0.2, 0.25) is 0 Å². The van der Waals surface area contributed by atoms with Crippen molar-refractivity contribution < 1.29 is 13.4 Å². The number of furan rings is 1. The largest absolute Gasteiger partial charge is 0.455 e. The highest BCUT2D eigenvalue weighted by molar-refractivity contribution is 9.10. The minimum Gasteiger partial charge on any atom is -0.455 e. The zero-order valence-corrected chi connectivity index (χ0v) is 16.4. The molecular formula is C19H22BrNO3S. The first-order valence-corrected chi connectivity index (χ1v) is 10.8. The fourth-order valence-corrected chi connectivity index (χ4v) is 4.34. The van der Waals surface area contributed by atoms with Crippen molar-refractivity contribution in [2.45, 2.75) is 55.2 Å². The third-order valence-electron chi connectivity index (χ3n) is 4.43. The van der Waals surface area contributed by atoms with Crippen LogP contribution in [0, 0.1) is 0 Å². The molecule has 1 amide bonds. The predicted octanol–water partition coefficient (Wildman–Crippen LogP) is 4.80. The summed E-state index contributed by atoms with van der Waals surface area (Å²) in [5, 5.41) is 3.07. The summed E-state index contributed by atoms with van der Waals surface area (Å²) < 4.78 is 19.0. The number of rotatable bonds is 5. The van der Waals surface area contributed by atoms with Gasteiger partial charge >= 0.3 is 0 Å². The zero-order valence-electron chi connectivity index (χ0n) is 14.0. The maximum absolute atomic E-state index is 12.4. The minimum absolute atomic E-state index is 0.174. The van der Waals surface area contributed by atoms with Gasteiger partial charge in [0.05, 0.1) is 16.6 Å². The number of nitrogens with one attached hydrogen (secondary N) is 1. The van der Waals surface area contributed by atoms with Crippen LogP contribution in [-0.2, 0) is 16.6 Å². The van der Waals surface area contributed by atoms with Crippen LogP contribution in [0.25, 0.3) is 0 Å². The number of hydrogen-bond donors (Lipinski definition) is 1. The molecule has 2 aromatic rings. The third-order valence-corrected chi connectivity index (χ3v) is 6.30. The monoisotopic (exact) mass is 423 g/mol. The predicted molar refractivity (Wildman–Crippen MR) is 102 cm³/mol. The van der Waals surface area contributed by atoms with E-state index in [4.69, 9.17) is 4.42 Å². The van der Waals surface area contributed by atoms with Gasteiger partial charge in [0.15, 0.2) is 5.76 Å². The second kappa shape index (κ2) is 8.81. The molecule has 0 bridgehead atoms. The van der Waals surface area contributed by atoms with Gasteiger partial charge in [-0.25, -0.2) is 0 Å². The van der Waals surface area contributed by atoms with E-state index in [0.29, 0.717) is 11.5 Å². The van der Waals surface area contributed by atoms with Crippen molar-refractivity contribution in [3.05, 3.63) is 52.4 Å². The molecule has 1 aromatic heterocycles. The van der Waals surface area contributed by atoms with Crippen LogP contribution in [-0.4, -0.2) is 16.2 Å². The number of hydrogen-bond acceptors (Lipinski definition) is 3. The normalized spacial score (nSPS) is 17.0. The van der Waals surface area contributed by atoms with Crippen molar-refractivity contribution in [1.82, 2.24) is 5.32 Å². The number of amides is 1. The number of carbonyl (C=O) groups excluding carboxylic acids is 1. The molecule has 3 rings (SSSR count). The summed E-state index contributed by atoms with van der Waals surface area (Å²) in [7, 11) is -1.20. The lowest BCUT2D eigenvalue weighted by Gasteiger charge is -2.14. The lowest BCUT2D eigenvalue weighted by atomic mass is 10.1. The number of halogens is 1. The molecule has 0 spiro atoms. The van der Waals surface area contributed by atoms with E-state index in [2.05, 4.69) is 21.2 Å². The van der Waals surface area contributed by atoms with Gasteiger partial charge in [-0.15, -0.1) is 0 Å². The van der Waals surface area contributed by atoms with Gasteiger partial charge < -0.3 is 9.73 Å². The van der Waals surface area contributed by atoms with E-state index in [-0.39, 0.29) is 17.7 Å². The molecule has 134 valence electrons. The smallest absolute Gasteiger partial charge is 0.287 e. The highest BCUT2D eigenvalue weighted by Gasteiger charge is 2.18. The summed E-state index contributed by atoms with van der Waals surface area (Å²) in [5.74, 6) is 0.949. The Bertz CT molecular complexity index is 733. The Morgan fingerprint density at radius 1 is 1.08 bits per heavy atom. The minimum atomic E-state index is -1.20. The second-order valence-electron chi connectivity index (χ2n) is 6.37. The molecule has 0 radical (unpaired) electrons. The maximum atomic E-state index is 12.4. The van der Waals surface area contributed by atoms with Gasteiger partial charge in [-0.1, -0.05) is 41.6 Å². The van der Waals surface area contributed by atoms with Gasteiger partial charge in [-0.2, -0.15) is 0 Å². The van der Waals surface area contributed by atoms with Crippen LogP contribution < -0.4 is 5.32 Å². The van der Waals surface area contributed by atoms with Crippen LogP contribution in [0.1, 0.15) is 54.8 Å². The summed E-state index contributed by atoms with van der Waals surface area (Å²) in [4.78, 5) is 13.1. The van der Waals surface area contributed by atoms with Crippen molar-refractivity contribution >= 4 is 32.6 Å². The van der Waals surface area contributed by atoms with E-state index in [1.165, 1.54) is 25.7 Å². The Morgan fingerprint density at radius 3 is 2.44 bits per heavy atom. The second-order valence-corrected chi connectivity index (χ2v) is 8.74. The fraction of sp³-hybridized carbons (Fsp3) is 0.421. The highest BCUT2D eigenvalue weighted by Crippen LogP contribution is 2.20. The maximum Gasteiger partial charge on any atom is 0.287 e. The Hall–Kier alpha value is -1.40. The molecular weight excluding hydrogens is 402 g/mol. The average molecular weight is 424 g/mol. The first-order chi connectivity index (χ1) is 12.1. The van der Waals surface area contributed by atoms with Crippen LogP contribution in [0.5, 0.6) is 0 Å². The molecule has 1 aromatic carbocycles. The molecule has 1 saturated carbocycles. The van der Waals surface area contributed by atoms with Crippen molar-refractivity contribution in [3.63, 3.8) is 0 Å². The van der Waals surface area contributed by atoms with Crippen molar-refractivity contribution in [3.8, 4) is 0 Å². The first kappa shape index (κ1) is 18.4. The van der Waals surface area contributed by atoms with Crippen LogP contribution in [0.15, 0.2) is 50.2 Å². The van der Waals surface area contributed by atoms with E-state index in [9.17, 15) is 9.00 Å². The van der Waals surface area contributed by atoms with Gasteiger partial charge in [-0.05, 0) is 49.2 Å². The van der Waals surface area contributed by atoms with Crippen molar-refractivity contribution in [1.29, 1.82) is 0 Å². The molecule has 0 saturated heterocycles. The molecule has 1 unspecified atom stereocenters. The van der Waals surface area contributed by atoms with E-state index in [1.807, 2.05) is 24.3 Å². The molecule has 1 aliphatic rings. The zero-order chi connectivity index (χ0) is 17.6. The summed E-state index contributed by atoms with van der Waals surface area (Å²) in [5.41, 5.74) is 0. The quantitative estimate of drug-likeness (QED) is 0.702. The topological polar surface area (TPSA) is 59.3 Å². The van der Waals surface area contributed by atoms with Gasteiger partial charge in [0.2, 0.25) is 0 Å². The van der Waals surface area contributed by atoms with Crippen molar-refractivity contribution in [2.24, 2.45) is 0 Å². The standard InChI is InChI=1S/C19H22BrNO3S/c20-14-7-10-17(11-8-14)25(23)13-16-9-12-18(24-16)19(22)21-15-5-3-1-2-4-6-15/h7-12,15H,1-6,13H2,(H,21,22). The van der Waals surface area contributed by atoms with E-state index >= 15 is 0 Å². The summed E-state index contributed by atoms with van der Waals surface area (Å²) in [6.07, 6.45) is 6.90. The first-order valence-electron chi connectivity index (χ1n) is 8.65. The SMILES string of the molecule is O=C(NC1CCCCCC1)c1ccc(CS(=O)c2ccc(Br)cc2)o1. The Kier molecular flexibility index (Phi) is 6.48. The van der Waals surface area contributed by atoms with Crippen LogP contribution in [0.4, 0.5) is 0 Å². The lowest BCUT2D eigenvalue weighted by molar-refractivity contribution is 0.0904. The summed E-state index contributed by atoms with van der Waals surface area (Å²) in [6, 6.07) is 11.0. The fourth-order valence-electron chi connectivity index (χ4n) is 3.06. The Morgan fingerprint density at radius 2 is 1.76 bits per heavy atom. The van der Waals surface area contributed by atoms with E-state index in [0.717, 1.165) is 22.2 Å². The molecule has 1 aliphatic carbocycles. The van der Waals surface area contributed by atoms with Crippen molar-refractivity contribution in [2.75, 3.05) is 0 Å². The number of carbonyl (C=O) groups is 1. The van der Waals surface area contributed by atoms with Gasteiger partial charge in [0, 0.05) is 15.4 Å². The molecule has 6 heteroatoms. The molecule has 0 aliphatic heterocycles. The van der Waals surface area contributed by atoms with Gasteiger partial charge in [0.25, 0.3) is 5.91 Å². The molecule has 1 heterocycles. The van der Waals surface area contributed by atoms with Gasteiger partial charge in [-0.3, -0.25) is 9.00 Å². The highest BCUT2D eigenvalue weighted by atomic mass is 79.9. The van der Waals surface area contributed by atoms with Crippen LogP contribution in [0.3, 0.4) is 0 Å². The molecule has 1 fully saturated rings. The Balaban J connectivity index is 1.58. The molecule has 25 heavy (non-hydrogen) atoms. The Labute approximate surface area is 159 Å². The molecule has 4 nitrogen and oxygen atoms in total. The summed E-state index contributed by atoms with van der Waals surface area (Å²) >= 11 is 3.36.